The van der Waals surface area contributed by atoms with Gasteiger partial charge in [0, 0.05) is 26.3 Å². The molecule has 0 aromatic heterocycles. The van der Waals surface area contributed by atoms with Gasteiger partial charge in [0.2, 0.25) is 0 Å². The molecule has 24 heavy (non-hydrogen) atoms. The summed E-state index contributed by atoms with van der Waals surface area (Å²) in [5.74, 6) is 1.15. The van der Waals surface area contributed by atoms with E-state index >= 15 is 0 Å². The molecular weight excluding hydrogens is 298 g/mol. The van der Waals surface area contributed by atoms with Crippen LogP contribution in [-0.4, -0.2) is 26.3 Å². The van der Waals surface area contributed by atoms with Crippen molar-refractivity contribution < 1.29 is 4.74 Å². The number of nitrogens with two attached hydrogens (primary N) is 1. The van der Waals surface area contributed by atoms with Crippen molar-refractivity contribution in [2.24, 2.45) is 11.8 Å². The predicted molar refractivity (Wildman–Crippen MR) is 100 cm³/mol. The predicted octanol–water partition coefficient (Wildman–Crippen LogP) is 3.96. The Kier molecular flexibility index (Phi) is 6.12. The minimum Gasteiger partial charge on any atom is -0.397 e. The molecule has 1 saturated heterocycles. The van der Waals surface area contributed by atoms with Gasteiger partial charge in [-0.15, -0.1) is 0 Å². The van der Waals surface area contributed by atoms with Crippen molar-refractivity contribution in [3.63, 3.8) is 0 Å². The highest BCUT2D eigenvalue weighted by Crippen LogP contribution is 2.37. The summed E-state index contributed by atoms with van der Waals surface area (Å²) in [4.78, 5) is 2.37. The Morgan fingerprint density at radius 2 is 1.75 bits per heavy atom. The summed E-state index contributed by atoms with van der Waals surface area (Å²) in [7, 11) is 0. The second-order valence-electron chi connectivity index (χ2n) is 7.77. The van der Waals surface area contributed by atoms with Crippen LogP contribution in [0.2, 0.25) is 0 Å². The van der Waals surface area contributed by atoms with Crippen LogP contribution in [0.5, 0.6) is 0 Å². The normalized spacial score (nSPS) is 17.0. The average Bonchev–Trinajstić information content (AvgIpc) is 2.54. The molecule has 1 heterocycles. The minimum absolute atomic E-state index is 0.453. The summed E-state index contributed by atoms with van der Waals surface area (Å²) < 4.78 is 5.44. The van der Waals surface area contributed by atoms with Crippen LogP contribution in [0.15, 0.2) is 18.2 Å². The Bertz CT molecular complexity index is 573. The third-order valence-electron chi connectivity index (χ3n) is 4.65. The lowest BCUT2D eigenvalue weighted by Gasteiger charge is -2.33. The number of rotatable bonds is 6. The first-order valence-corrected chi connectivity index (χ1v) is 9.02. The molecule has 1 aliphatic heterocycles. The summed E-state index contributed by atoms with van der Waals surface area (Å²) in [5, 5.41) is 9.75. The highest BCUT2D eigenvalue weighted by molar-refractivity contribution is 5.69. The molecule has 0 radical (unpaired) electrons. The van der Waals surface area contributed by atoms with Gasteiger partial charge in [-0.05, 0) is 42.4 Å². The van der Waals surface area contributed by atoms with E-state index in [2.05, 4.69) is 50.8 Å². The Labute approximate surface area is 146 Å². The summed E-state index contributed by atoms with van der Waals surface area (Å²) >= 11 is 0. The van der Waals surface area contributed by atoms with Crippen molar-refractivity contribution in [1.82, 2.24) is 0 Å². The van der Waals surface area contributed by atoms with Crippen molar-refractivity contribution in [2.75, 3.05) is 36.9 Å². The molecule has 0 saturated carbocycles. The Morgan fingerprint density at radius 3 is 2.21 bits per heavy atom. The van der Waals surface area contributed by atoms with E-state index in [1.54, 1.807) is 0 Å². The summed E-state index contributed by atoms with van der Waals surface area (Å²) in [6.45, 7) is 12.2. The van der Waals surface area contributed by atoms with Gasteiger partial charge in [0.25, 0.3) is 0 Å². The molecule has 132 valence electrons. The van der Waals surface area contributed by atoms with Gasteiger partial charge in [0.15, 0.2) is 0 Å². The lowest BCUT2D eigenvalue weighted by molar-refractivity contribution is 0.0675. The molecule has 0 atom stereocenters. The number of benzene rings is 1. The topological polar surface area (TPSA) is 62.3 Å². The zero-order valence-corrected chi connectivity index (χ0v) is 15.5. The van der Waals surface area contributed by atoms with Crippen molar-refractivity contribution in [1.29, 1.82) is 5.26 Å². The van der Waals surface area contributed by atoms with E-state index in [1.165, 1.54) is 0 Å². The van der Waals surface area contributed by atoms with E-state index in [-0.39, 0.29) is 0 Å². The lowest BCUT2D eigenvalue weighted by atomic mass is 9.75. The first kappa shape index (κ1) is 18.6. The molecule has 2 rings (SSSR count). The fourth-order valence-electron chi connectivity index (χ4n) is 3.48. The molecule has 0 aliphatic carbocycles. The van der Waals surface area contributed by atoms with Crippen LogP contribution in [0.4, 0.5) is 11.4 Å². The molecule has 4 nitrogen and oxygen atoms in total. The number of nitrogens with zero attached hydrogens (tertiary/aromatic N) is 2. The van der Waals surface area contributed by atoms with Gasteiger partial charge in [-0.3, -0.25) is 0 Å². The number of ether oxygens (including phenoxy) is 1. The van der Waals surface area contributed by atoms with E-state index < -0.39 is 5.41 Å². The van der Waals surface area contributed by atoms with Gasteiger partial charge in [0.1, 0.15) is 0 Å². The lowest BCUT2D eigenvalue weighted by Crippen LogP contribution is -2.34. The molecule has 1 aromatic carbocycles. The van der Waals surface area contributed by atoms with E-state index in [4.69, 9.17) is 10.5 Å². The van der Waals surface area contributed by atoms with E-state index in [0.717, 1.165) is 42.9 Å². The minimum atomic E-state index is -0.453. The monoisotopic (exact) mass is 329 g/mol. The van der Waals surface area contributed by atoms with E-state index in [9.17, 15) is 5.26 Å². The third-order valence-corrected chi connectivity index (χ3v) is 4.65. The molecule has 1 aliphatic rings. The second-order valence-corrected chi connectivity index (χ2v) is 7.77. The van der Waals surface area contributed by atoms with Gasteiger partial charge >= 0.3 is 0 Å². The Balaban J connectivity index is 2.32. The number of nitrogen functional groups attached to an aromatic ring is 1. The summed E-state index contributed by atoms with van der Waals surface area (Å²) in [6, 6.07) is 8.73. The van der Waals surface area contributed by atoms with Crippen LogP contribution in [0.3, 0.4) is 0 Å². The second kappa shape index (κ2) is 7.90. The highest BCUT2D eigenvalue weighted by Gasteiger charge is 2.35. The first-order valence-electron chi connectivity index (χ1n) is 9.02. The van der Waals surface area contributed by atoms with Crippen molar-refractivity contribution in [3.05, 3.63) is 23.8 Å². The fourth-order valence-corrected chi connectivity index (χ4v) is 3.48. The van der Waals surface area contributed by atoms with Crippen molar-refractivity contribution in [2.45, 2.75) is 46.0 Å². The first-order chi connectivity index (χ1) is 11.4. The quantitative estimate of drug-likeness (QED) is 0.803. The standard InChI is InChI=1S/C20H31N3O/c1-15(2)12-23(13-16(3)4)19-6-5-17(11-18(19)22)20(14-21)7-9-24-10-8-20/h5-6,11,15-16H,7-10,12-13,22H2,1-4H3. The van der Waals surface area contributed by atoms with Gasteiger partial charge < -0.3 is 15.4 Å². The molecule has 0 unspecified atom stereocenters. The molecule has 1 fully saturated rings. The Hall–Kier alpha value is -1.73. The molecule has 0 amide bonds. The number of nitriles is 1. The average molecular weight is 329 g/mol. The highest BCUT2D eigenvalue weighted by atomic mass is 16.5. The molecule has 0 spiro atoms. The Morgan fingerprint density at radius 1 is 1.17 bits per heavy atom. The maximum absolute atomic E-state index is 9.75. The van der Waals surface area contributed by atoms with Gasteiger partial charge in [-0.25, -0.2) is 0 Å². The van der Waals surface area contributed by atoms with E-state index in [0.29, 0.717) is 25.0 Å². The molecule has 0 bridgehead atoms. The van der Waals surface area contributed by atoms with E-state index in [1.807, 2.05) is 6.07 Å². The van der Waals surface area contributed by atoms with Crippen LogP contribution < -0.4 is 10.6 Å². The number of hydrogen-bond donors (Lipinski definition) is 1. The number of hydrogen-bond acceptors (Lipinski definition) is 4. The SMILES string of the molecule is CC(C)CN(CC(C)C)c1ccc(C2(C#N)CCOCC2)cc1N. The van der Waals surface area contributed by atoms with Crippen molar-refractivity contribution in [3.8, 4) is 6.07 Å². The van der Waals surface area contributed by atoms with Crippen molar-refractivity contribution >= 4 is 11.4 Å². The van der Waals surface area contributed by atoms with Crippen LogP contribution in [0.1, 0.15) is 46.1 Å². The maximum atomic E-state index is 9.75. The maximum Gasteiger partial charge on any atom is 0.0866 e. The van der Waals surface area contributed by atoms with Crippen LogP contribution in [-0.2, 0) is 10.2 Å². The zero-order valence-electron chi connectivity index (χ0n) is 15.5. The molecule has 2 N–H and O–H groups in total. The molecule has 1 aromatic rings. The summed E-state index contributed by atoms with van der Waals surface area (Å²) in [6.07, 6.45) is 1.48. The van der Waals surface area contributed by atoms with Crippen LogP contribution in [0, 0.1) is 23.2 Å². The largest absolute Gasteiger partial charge is 0.397 e. The number of anilines is 2. The van der Waals surface area contributed by atoms with Gasteiger partial charge in [-0.1, -0.05) is 33.8 Å². The van der Waals surface area contributed by atoms with Gasteiger partial charge in [0.05, 0.1) is 22.9 Å². The molecular formula is C20H31N3O. The third kappa shape index (κ3) is 4.21. The fraction of sp³-hybridized carbons (Fsp3) is 0.650. The van der Waals surface area contributed by atoms with Crippen LogP contribution in [0.25, 0.3) is 0 Å². The smallest absolute Gasteiger partial charge is 0.0866 e. The zero-order chi connectivity index (χ0) is 17.7. The summed E-state index contributed by atoms with van der Waals surface area (Å²) in [5.41, 5.74) is 8.85. The van der Waals surface area contributed by atoms with Gasteiger partial charge in [-0.2, -0.15) is 5.26 Å². The van der Waals surface area contributed by atoms with Crippen LogP contribution >= 0.6 is 0 Å². The molecule has 4 heteroatoms.